The Balaban J connectivity index is 1.67. The Kier molecular flexibility index (Phi) is 3.75. The third-order valence-electron chi connectivity index (χ3n) is 3.79. The maximum Gasteiger partial charge on any atom is 0.119 e. The summed E-state index contributed by atoms with van der Waals surface area (Å²) >= 11 is 7.65. The number of nitrogens with one attached hydrogen (secondary N) is 1. The summed E-state index contributed by atoms with van der Waals surface area (Å²) in [6.07, 6.45) is 4.83. The highest BCUT2D eigenvalue weighted by Crippen LogP contribution is 2.43. The molecule has 0 aromatic heterocycles. The standard InChI is InChI=1S/C15H17ClN2S/c16-12-3-7-14(8-4-12)19-10-15(9-17,11-1-2-11)18-13-5-6-13/h3-4,7-8,11,13,18H,1-2,5-6,10H2. The zero-order valence-electron chi connectivity index (χ0n) is 10.7. The molecular weight excluding hydrogens is 276 g/mol. The van der Waals surface area contributed by atoms with Crippen LogP contribution in [-0.2, 0) is 0 Å². The van der Waals surface area contributed by atoms with Gasteiger partial charge in [-0.05, 0) is 55.9 Å². The van der Waals surface area contributed by atoms with E-state index < -0.39 is 0 Å². The van der Waals surface area contributed by atoms with E-state index in [-0.39, 0.29) is 5.54 Å². The highest BCUT2D eigenvalue weighted by molar-refractivity contribution is 7.99. The Morgan fingerprint density at radius 2 is 1.95 bits per heavy atom. The molecule has 2 saturated carbocycles. The third kappa shape index (κ3) is 3.25. The molecule has 1 aromatic rings. The largest absolute Gasteiger partial charge is 0.296 e. The number of hydrogen-bond donors (Lipinski definition) is 1. The van der Waals surface area contributed by atoms with Gasteiger partial charge in [0.05, 0.1) is 6.07 Å². The number of rotatable bonds is 6. The van der Waals surface area contributed by atoms with Gasteiger partial charge >= 0.3 is 0 Å². The minimum atomic E-state index is -0.328. The van der Waals surface area contributed by atoms with Crippen molar-refractivity contribution in [3.8, 4) is 6.07 Å². The summed E-state index contributed by atoms with van der Waals surface area (Å²) in [4.78, 5) is 1.18. The number of halogens is 1. The molecule has 0 amide bonds. The second-order valence-electron chi connectivity index (χ2n) is 5.52. The van der Waals surface area contributed by atoms with E-state index in [1.54, 1.807) is 11.8 Å². The number of benzene rings is 1. The molecule has 1 aromatic carbocycles. The van der Waals surface area contributed by atoms with Gasteiger partial charge in [0.25, 0.3) is 0 Å². The van der Waals surface area contributed by atoms with Gasteiger partial charge in [-0.15, -0.1) is 11.8 Å². The summed E-state index contributed by atoms with van der Waals surface area (Å²) in [5.74, 6) is 1.37. The SMILES string of the molecule is N#CC(CSc1ccc(Cl)cc1)(NC1CC1)C1CC1. The van der Waals surface area contributed by atoms with E-state index in [1.807, 2.05) is 24.3 Å². The molecule has 2 aliphatic rings. The lowest BCUT2D eigenvalue weighted by Gasteiger charge is -2.27. The Labute approximate surface area is 123 Å². The second kappa shape index (κ2) is 5.36. The van der Waals surface area contributed by atoms with Crippen LogP contribution in [0.1, 0.15) is 25.7 Å². The molecule has 0 spiro atoms. The van der Waals surface area contributed by atoms with Crippen LogP contribution in [0.3, 0.4) is 0 Å². The normalized spacial score (nSPS) is 21.7. The molecule has 1 N–H and O–H groups in total. The third-order valence-corrected chi connectivity index (χ3v) is 5.25. The molecular formula is C15H17ClN2S. The summed E-state index contributed by atoms with van der Waals surface area (Å²) in [5.41, 5.74) is -0.328. The van der Waals surface area contributed by atoms with Gasteiger partial charge in [-0.25, -0.2) is 0 Å². The monoisotopic (exact) mass is 292 g/mol. The van der Waals surface area contributed by atoms with Gasteiger partial charge in [0, 0.05) is 21.7 Å². The van der Waals surface area contributed by atoms with Gasteiger partial charge in [0.1, 0.15) is 5.54 Å². The molecule has 100 valence electrons. The molecule has 1 atom stereocenters. The molecule has 0 radical (unpaired) electrons. The van der Waals surface area contributed by atoms with Crippen LogP contribution >= 0.6 is 23.4 Å². The average molecular weight is 293 g/mol. The van der Waals surface area contributed by atoms with E-state index in [0.717, 1.165) is 10.8 Å². The van der Waals surface area contributed by atoms with E-state index in [1.165, 1.54) is 30.6 Å². The lowest BCUT2D eigenvalue weighted by molar-refractivity contribution is 0.401. The number of thioether (sulfide) groups is 1. The van der Waals surface area contributed by atoms with Gasteiger partial charge in [0.15, 0.2) is 0 Å². The van der Waals surface area contributed by atoms with E-state index in [4.69, 9.17) is 11.6 Å². The molecule has 2 nitrogen and oxygen atoms in total. The number of nitriles is 1. The van der Waals surface area contributed by atoms with Crippen LogP contribution in [0, 0.1) is 17.2 Å². The second-order valence-corrected chi connectivity index (χ2v) is 7.00. The quantitative estimate of drug-likeness (QED) is 0.809. The van der Waals surface area contributed by atoms with Gasteiger partial charge in [-0.3, -0.25) is 5.32 Å². The molecule has 3 rings (SSSR count). The maximum absolute atomic E-state index is 9.64. The molecule has 0 bridgehead atoms. The van der Waals surface area contributed by atoms with Crippen LogP contribution in [0.25, 0.3) is 0 Å². The van der Waals surface area contributed by atoms with Crippen LogP contribution in [0.15, 0.2) is 29.2 Å². The van der Waals surface area contributed by atoms with Crippen molar-refractivity contribution in [2.45, 2.75) is 42.2 Å². The fraction of sp³-hybridized carbons (Fsp3) is 0.533. The van der Waals surface area contributed by atoms with Crippen molar-refractivity contribution in [2.24, 2.45) is 5.92 Å². The van der Waals surface area contributed by atoms with E-state index in [2.05, 4.69) is 11.4 Å². The van der Waals surface area contributed by atoms with Crippen LogP contribution < -0.4 is 5.32 Å². The average Bonchev–Trinajstić information content (AvgIpc) is 3.28. The first kappa shape index (κ1) is 13.3. The summed E-state index contributed by atoms with van der Waals surface area (Å²) in [7, 11) is 0. The lowest BCUT2D eigenvalue weighted by atomic mass is 9.97. The van der Waals surface area contributed by atoms with Crippen molar-refractivity contribution in [3.63, 3.8) is 0 Å². The molecule has 0 heterocycles. The van der Waals surface area contributed by atoms with Gasteiger partial charge in [-0.1, -0.05) is 11.6 Å². The van der Waals surface area contributed by atoms with E-state index in [9.17, 15) is 5.26 Å². The molecule has 0 saturated heterocycles. The fourth-order valence-electron chi connectivity index (χ4n) is 2.33. The Morgan fingerprint density at radius 1 is 1.26 bits per heavy atom. The summed E-state index contributed by atoms with van der Waals surface area (Å²) in [6, 6.07) is 11.0. The molecule has 4 heteroatoms. The predicted molar refractivity (Wildman–Crippen MR) is 79.4 cm³/mol. The molecule has 19 heavy (non-hydrogen) atoms. The van der Waals surface area contributed by atoms with Crippen LogP contribution in [0.2, 0.25) is 5.02 Å². The van der Waals surface area contributed by atoms with Crippen LogP contribution in [0.5, 0.6) is 0 Å². The molecule has 1 unspecified atom stereocenters. The highest BCUT2D eigenvalue weighted by Gasteiger charge is 2.48. The van der Waals surface area contributed by atoms with Crippen molar-refractivity contribution < 1.29 is 0 Å². The van der Waals surface area contributed by atoms with Crippen molar-refractivity contribution >= 4 is 23.4 Å². The number of hydrogen-bond acceptors (Lipinski definition) is 3. The Morgan fingerprint density at radius 3 is 2.47 bits per heavy atom. The maximum atomic E-state index is 9.64. The fourth-order valence-corrected chi connectivity index (χ4v) is 3.56. The first-order valence-electron chi connectivity index (χ1n) is 6.79. The van der Waals surface area contributed by atoms with E-state index >= 15 is 0 Å². The van der Waals surface area contributed by atoms with Crippen LogP contribution in [-0.4, -0.2) is 17.3 Å². The van der Waals surface area contributed by atoms with Crippen molar-refractivity contribution in [1.29, 1.82) is 5.26 Å². The zero-order valence-corrected chi connectivity index (χ0v) is 12.3. The number of nitrogens with zero attached hydrogens (tertiary/aromatic N) is 1. The van der Waals surface area contributed by atoms with Crippen LogP contribution in [0.4, 0.5) is 0 Å². The van der Waals surface area contributed by atoms with Gasteiger partial charge < -0.3 is 0 Å². The smallest absolute Gasteiger partial charge is 0.119 e. The van der Waals surface area contributed by atoms with Crippen molar-refractivity contribution in [3.05, 3.63) is 29.3 Å². The topological polar surface area (TPSA) is 35.8 Å². The molecule has 0 aliphatic heterocycles. The lowest BCUT2D eigenvalue weighted by Crippen LogP contribution is -2.49. The summed E-state index contributed by atoms with van der Waals surface area (Å²) < 4.78 is 0. The minimum absolute atomic E-state index is 0.328. The summed E-state index contributed by atoms with van der Waals surface area (Å²) in [6.45, 7) is 0. The van der Waals surface area contributed by atoms with E-state index in [0.29, 0.717) is 12.0 Å². The molecule has 2 fully saturated rings. The Hall–Kier alpha value is -0.690. The predicted octanol–water partition coefficient (Wildman–Crippen LogP) is 3.86. The van der Waals surface area contributed by atoms with Crippen molar-refractivity contribution in [2.75, 3.05) is 5.75 Å². The highest BCUT2D eigenvalue weighted by atomic mass is 35.5. The first-order valence-corrected chi connectivity index (χ1v) is 8.15. The zero-order chi connectivity index (χ0) is 13.3. The minimum Gasteiger partial charge on any atom is -0.296 e. The Bertz CT molecular complexity index is 488. The van der Waals surface area contributed by atoms with Gasteiger partial charge in [-0.2, -0.15) is 5.26 Å². The summed E-state index contributed by atoms with van der Waals surface area (Å²) in [5, 5.41) is 14.0. The van der Waals surface area contributed by atoms with Crippen molar-refractivity contribution in [1.82, 2.24) is 5.32 Å². The molecule has 2 aliphatic carbocycles. The van der Waals surface area contributed by atoms with Gasteiger partial charge in [0.2, 0.25) is 0 Å². The first-order chi connectivity index (χ1) is 9.22.